The summed E-state index contributed by atoms with van der Waals surface area (Å²) in [6.45, 7) is 15.4. The van der Waals surface area contributed by atoms with Crippen molar-refractivity contribution in [1.29, 1.82) is 0 Å². The van der Waals surface area contributed by atoms with E-state index in [-0.39, 0.29) is 18.2 Å². The number of ether oxygens (including phenoxy) is 3. The summed E-state index contributed by atoms with van der Waals surface area (Å²) >= 11 is 0. The third-order valence-corrected chi connectivity index (χ3v) is 8.68. The molecule has 0 bridgehead atoms. The number of carbonyl (C=O) groups is 4. The summed E-state index contributed by atoms with van der Waals surface area (Å²) in [7, 11) is 1.97. The van der Waals surface area contributed by atoms with Crippen LogP contribution in [0, 0.1) is 0 Å². The summed E-state index contributed by atoms with van der Waals surface area (Å²) in [6.07, 6.45) is 4.34. The average Bonchev–Trinajstić information content (AvgIpc) is 3.32. The van der Waals surface area contributed by atoms with Gasteiger partial charge in [0.1, 0.15) is 12.3 Å². The third-order valence-electron chi connectivity index (χ3n) is 6.98. The molecule has 0 atom stereocenters. The smallest absolute Gasteiger partial charge is 0.419 e. The summed E-state index contributed by atoms with van der Waals surface area (Å²) < 4.78 is 17.7. The molecule has 0 aliphatic carbocycles. The summed E-state index contributed by atoms with van der Waals surface area (Å²) in [5.74, 6) is -0.741. The Labute approximate surface area is 261 Å². The van der Waals surface area contributed by atoms with Gasteiger partial charge < -0.3 is 24.0 Å². The van der Waals surface area contributed by atoms with Gasteiger partial charge in [-0.05, 0) is 70.3 Å². The Kier molecular flexibility index (Phi) is 11.7. The highest BCUT2D eigenvalue weighted by atomic mass is 28.3. The van der Waals surface area contributed by atoms with E-state index < -0.39 is 25.7 Å². The minimum atomic E-state index is -1.31. The number of aromatic nitrogens is 1. The van der Waals surface area contributed by atoms with Crippen molar-refractivity contribution in [2.24, 2.45) is 0 Å². The maximum atomic E-state index is 13.4. The highest BCUT2D eigenvalue weighted by molar-refractivity contribution is 6.76. The van der Waals surface area contributed by atoms with E-state index in [9.17, 15) is 19.2 Å². The number of carbonyl (C=O) groups excluding carboxylic acids is 4. The van der Waals surface area contributed by atoms with Crippen molar-refractivity contribution in [3.05, 3.63) is 53.4 Å². The van der Waals surface area contributed by atoms with Crippen LogP contribution >= 0.6 is 0 Å². The van der Waals surface area contributed by atoms with Crippen LogP contribution in [-0.4, -0.2) is 111 Å². The molecule has 3 rings (SSSR count). The number of fused-ring (bicyclic) bond motifs is 1. The van der Waals surface area contributed by atoms with Crippen molar-refractivity contribution >= 4 is 49.4 Å². The topological polar surface area (TPSA) is 111 Å². The van der Waals surface area contributed by atoms with Gasteiger partial charge in [0.05, 0.1) is 23.9 Å². The highest BCUT2D eigenvalue weighted by Crippen LogP contribution is 2.26. The zero-order valence-corrected chi connectivity index (χ0v) is 28.2. The van der Waals surface area contributed by atoms with E-state index in [2.05, 4.69) is 24.5 Å². The van der Waals surface area contributed by atoms with Gasteiger partial charge in [0, 0.05) is 58.0 Å². The van der Waals surface area contributed by atoms with Gasteiger partial charge in [-0.15, -0.1) is 0 Å². The quantitative estimate of drug-likeness (QED) is 0.0674. The van der Waals surface area contributed by atoms with E-state index in [1.54, 1.807) is 51.1 Å². The molecule has 0 radical (unpaired) electrons. The molecule has 0 unspecified atom stereocenters. The van der Waals surface area contributed by atoms with Crippen molar-refractivity contribution in [2.45, 2.75) is 52.1 Å². The Hall–Kier alpha value is -3.74. The number of rotatable bonds is 11. The fourth-order valence-electron chi connectivity index (χ4n) is 4.48. The van der Waals surface area contributed by atoms with E-state index in [1.807, 2.05) is 11.9 Å². The van der Waals surface area contributed by atoms with Crippen molar-refractivity contribution in [3.63, 3.8) is 0 Å². The molecule has 12 heteroatoms. The van der Waals surface area contributed by atoms with Crippen LogP contribution in [0.5, 0.6) is 0 Å². The molecule has 240 valence electrons. The number of methoxy groups -OCH3 is 1. The Morgan fingerprint density at radius 1 is 1.05 bits per heavy atom. The molecular formula is C32H46N4O7Si. The maximum absolute atomic E-state index is 13.4. The molecule has 0 saturated carbocycles. The van der Waals surface area contributed by atoms with Gasteiger partial charge in [-0.2, -0.15) is 0 Å². The van der Waals surface area contributed by atoms with Gasteiger partial charge >= 0.3 is 12.1 Å². The van der Waals surface area contributed by atoms with Crippen LogP contribution in [0.1, 0.15) is 36.8 Å². The first-order chi connectivity index (χ1) is 20.6. The summed E-state index contributed by atoms with van der Waals surface area (Å²) in [5, 5.41) is 0.657. The zero-order valence-electron chi connectivity index (χ0n) is 27.2. The molecule has 0 spiro atoms. The number of piperazine rings is 1. The van der Waals surface area contributed by atoms with Crippen LogP contribution in [0.2, 0.25) is 25.7 Å². The molecule has 1 aromatic carbocycles. The number of nitrogens with zero attached hydrogens (tertiary/aromatic N) is 4. The van der Waals surface area contributed by atoms with Crippen LogP contribution < -0.4 is 0 Å². The molecule has 1 aromatic heterocycles. The molecule has 2 aromatic rings. The summed E-state index contributed by atoms with van der Waals surface area (Å²) in [4.78, 5) is 56.3. The van der Waals surface area contributed by atoms with Crippen molar-refractivity contribution in [3.8, 4) is 0 Å². The predicted molar refractivity (Wildman–Crippen MR) is 173 cm³/mol. The van der Waals surface area contributed by atoms with E-state index in [0.717, 1.165) is 19.1 Å². The number of amides is 2. The normalized spacial score (nSPS) is 15.1. The number of benzene rings is 1. The van der Waals surface area contributed by atoms with Crippen LogP contribution in [-0.2, 0) is 23.8 Å². The van der Waals surface area contributed by atoms with Crippen LogP contribution in [0.3, 0.4) is 0 Å². The molecule has 1 aliphatic rings. The second-order valence-corrected chi connectivity index (χ2v) is 18.8. The van der Waals surface area contributed by atoms with Gasteiger partial charge in [0.25, 0.3) is 5.91 Å². The lowest BCUT2D eigenvalue weighted by Crippen LogP contribution is -2.47. The predicted octanol–water partition coefficient (Wildman–Crippen LogP) is 4.65. The van der Waals surface area contributed by atoms with Gasteiger partial charge in [0.2, 0.25) is 6.41 Å². The Balaban J connectivity index is 1.97. The fraction of sp³-hybridized carbons (Fsp3) is 0.500. The second-order valence-electron chi connectivity index (χ2n) is 13.1. The first-order valence-electron chi connectivity index (χ1n) is 14.8. The monoisotopic (exact) mass is 626 g/mol. The SMILES string of the molecule is COC(=O)C(/C=C/c1cc2cc(C(=O)N3CCN(C)CC3)ccc2n1C(=O)OC(C)(C)C)=C/N(C=O)COCC[Si](C)(C)C. The van der Waals surface area contributed by atoms with Crippen molar-refractivity contribution < 1.29 is 33.4 Å². The van der Waals surface area contributed by atoms with Crippen molar-refractivity contribution in [1.82, 2.24) is 19.3 Å². The number of hydrogen-bond acceptors (Lipinski definition) is 8. The van der Waals surface area contributed by atoms with Crippen LogP contribution in [0.4, 0.5) is 4.79 Å². The maximum Gasteiger partial charge on any atom is 0.419 e. The van der Waals surface area contributed by atoms with Gasteiger partial charge in [-0.1, -0.05) is 19.6 Å². The second kappa shape index (κ2) is 14.8. The van der Waals surface area contributed by atoms with Gasteiger partial charge in [0.15, 0.2) is 0 Å². The third kappa shape index (κ3) is 9.90. The molecule has 1 aliphatic heterocycles. The minimum absolute atomic E-state index is 0.0232. The fourth-order valence-corrected chi connectivity index (χ4v) is 5.23. The molecule has 1 saturated heterocycles. The van der Waals surface area contributed by atoms with E-state index in [4.69, 9.17) is 14.2 Å². The van der Waals surface area contributed by atoms with Crippen molar-refractivity contribution in [2.75, 3.05) is 53.7 Å². The first-order valence-corrected chi connectivity index (χ1v) is 18.5. The summed E-state index contributed by atoms with van der Waals surface area (Å²) in [5.41, 5.74) is 0.786. The Morgan fingerprint density at radius 2 is 1.73 bits per heavy atom. The standard InChI is InChI=1S/C32H46N4O7Si/c1-32(2,3)43-31(40)36-27(11-9-25(30(39)41-5)21-34(22-37)23-42-17-18-44(6,7)8)20-26-19-24(10-12-28(26)36)29(38)35-15-13-33(4)14-16-35/h9-12,19-22H,13-18,23H2,1-8H3/b11-9+,25-21+. The Morgan fingerprint density at radius 3 is 2.32 bits per heavy atom. The molecule has 1 fully saturated rings. The average molecular weight is 627 g/mol. The van der Waals surface area contributed by atoms with Gasteiger partial charge in [-0.25, -0.2) is 14.2 Å². The molecule has 0 N–H and O–H groups in total. The van der Waals surface area contributed by atoms with E-state index in [0.29, 0.717) is 48.3 Å². The number of hydrogen-bond donors (Lipinski definition) is 0. The van der Waals surface area contributed by atoms with E-state index in [1.165, 1.54) is 28.9 Å². The van der Waals surface area contributed by atoms with Crippen LogP contribution in [0.25, 0.3) is 17.0 Å². The zero-order chi connectivity index (χ0) is 32.7. The Bertz CT molecular complexity index is 1410. The molecule has 11 nitrogen and oxygen atoms in total. The summed E-state index contributed by atoms with van der Waals surface area (Å²) in [6, 6.07) is 7.88. The lowest BCUT2D eigenvalue weighted by atomic mass is 10.1. The first kappa shape index (κ1) is 34.7. The highest BCUT2D eigenvalue weighted by Gasteiger charge is 2.24. The molecule has 2 amide bonds. The largest absolute Gasteiger partial charge is 0.465 e. The lowest BCUT2D eigenvalue weighted by Gasteiger charge is -2.32. The van der Waals surface area contributed by atoms with E-state index >= 15 is 0 Å². The molecule has 44 heavy (non-hydrogen) atoms. The number of esters is 1. The van der Waals surface area contributed by atoms with Crippen LogP contribution in [0.15, 0.2) is 42.1 Å². The minimum Gasteiger partial charge on any atom is -0.465 e. The molecular weight excluding hydrogens is 580 g/mol. The number of likely N-dealkylation sites (N-methyl/N-ethyl adjacent to an activating group) is 1. The van der Waals surface area contributed by atoms with Gasteiger partial charge in [-0.3, -0.25) is 14.5 Å². The lowest BCUT2D eigenvalue weighted by molar-refractivity contribution is -0.135. The molecule has 2 heterocycles.